The Bertz CT molecular complexity index is 362. The first-order valence-corrected chi connectivity index (χ1v) is 4.89. The molecule has 74 valence electrons. The van der Waals surface area contributed by atoms with Crippen molar-refractivity contribution in [2.24, 2.45) is 0 Å². The molecule has 0 aliphatic rings. The van der Waals surface area contributed by atoms with Gasteiger partial charge in [-0.05, 0) is 28.1 Å². The molecule has 0 fully saturated rings. The van der Waals surface area contributed by atoms with Crippen LogP contribution in [0, 0.1) is 0 Å². The number of carbonyl (C=O) groups is 2. The lowest BCUT2D eigenvalue weighted by Crippen LogP contribution is -2.33. The Morgan fingerprint density at radius 3 is 2.07 bits per heavy atom. The number of imide groups is 1. The Hall–Kier alpha value is -1.16. The third kappa shape index (κ3) is 2.20. The molecule has 0 heterocycles. The first-order valence-electron chi connectivity index (χ1n) is 4.10. The van der Waals surface area contributed by atoms with E-state index in [2.05, 4.69) is 15.9 Å². The van der Waals surface area contributed by atoms with Gasteiger partial charge >= 0.3 is 0 Å². The summed E-state index contributed by atoms with van der Waals surface area (Å²) < 4.78 is 0.727. The van der Waals surface area contributed by atoms with E-state index in [1.165, 1.54) is 13.8 Å². The Kier molecular flexibility index (Phi) is 3.41. The van der Waals surface area contributed by atoms with E-state index in [4.69, 9.17) is 0 Å². The quantitative estimate of drug-likeness (QED) is 0.773. The summed E-state index contributed by atoms with van der Waals surface area (Å²) in [5.41, 5.74) is 0.576. The zero-order valence-electron chi connectivity index (χ0n) is 7.95. The van der Waals surface area contributed by atoms with Gasteiger partial charge in [-0.3, -0.25) is 9.59 Å². The van der Waals surface area contributed by atoms with Crippen LogP contribution in [-0.2, 0) is 9.59 Å². The Morgan fingerprint density at radius 1 is 1.14 bits per heavy atom. The molecule has 0 aliphatic carbocycles. The second kappa shape index (κ2) is 4.37. The minimum Gasteiger partial charge on any atom is -0.274 e. The fourth-order valence-corrected chi connectivity index (χ4v) is 1.66. The summed E-state index contributed by atoms with van der Waals surface area (Å²) in [5, 5.41) is 0. The minimum atomic E-state index is -0.288. The SMILES string of the molecule is CC(=O)N(C(C)=O)c1ccccc1Br. The van der Waals surface area contributed by atoms with Gasteiger partial charge in [-0.15, -0.1) is 0 Å². The number of halogens is 1. The summed E-state index contributed by atoms with van der Waals surface area (Å²) in [6, 6.07) is 7.10. The molecule has 1 aromatic rings. The number of nitrogens with zero attached hydrogens (tertiary/aromatic N) is 1. The Labute approximate surface area is 90.8 Å². The molecule has 1 rings (SSSR count). The zero-order valence-corrected chi connectivity index (χ0v) is 9.54. The smallest absolute Gasteiger partial charge is 0.230 e. The molecule has 0 aromatic heterocycles. The highest BCUT2D eigenvalue weighted by Gasteiger charge is 2.17. The minimum absolute atomic E-state index is 0.288. The van der Waals surface area contributed by atoms with E-state index in [0.29, 0.717) is 5.69 Å². The molecule has 4 heteroatoms. The molecular weight excluding hydrogens is 246 g/mol. The second-order valence-electron chi connectivity index (χ2n) is 2.82. The van der Waals surface area contributed by atoms with Crippen molar-refractivity contribution >= 4 is 33.4 Å². The molecule has 0 unspecified atom stereocenters. The first-order chi connectivity index (χ1) is 6.54. The van der Waals surface area contributed by atoms with E-state index >= 15 is 0 Å². The van der Waals surface area contributed by atoms with Crippen molar-refractivity contribution in [1.82, 2.24) is 0 Å². The molecule has 0 spiro atoms. The van der Waals surface area contributed by atoms with Gasteiger partial charge in [-0.2, -0.15) is 0 Å². The van der Waals surface area contributed by atoms with Gasteiger partial charge in [0.25, 0.3) is 0 Å². The first kappa shape index (κ1) is 10.9. The van der Waals surface area contributed by atoms with Crippen molar-refractivity contribution in [1.29, 1.82) is 0 Å². The molecule has 3 nitrogen and oxygen atoms in total. The third-order valence-electron chi connectivity index (χ3n) is 1.72. The molecule has 0 atom stereocenters. The summed E-state index contributed by atoms with van der Waals surface area (Å²) in [6.07, 6.45) is 0. The monoisotopic (exact) mass is 255 g/mol. The van der Waals surface area contributed by atoms with Crippen LogP contribution in [0.5, 0.6) is 0 Å². The van der Waals surface area contributed by atoms with E-state index in [1.807, 2.05) is 6.07 Å². The lowest BCUT2D eigenvalue weighted by molar-refractivity contribution is -0.124. The molecule has 0 saturated heterocycles. The highest BCUT2D eigenvalue weighted by molar-refractivity contribution is 9.10. The standard InChI is InChI=1S/C10H10BrNO2/c1-7(13)12(8(2)14)10-6-4-3-5-9(10)11/h3-6H,1-2H3. The van der Waals surface area contributed by atoms with Crippen LogP contribution < -0.4 is 4.90 Å². The van der Waals surface area contributed by atoms with E-state index in [-0.39, 0.29) is 11.8 Å². The number of hydrogen-bond donors (Lipinski definition) is 0. The van der Waals surface area contributed by atoms with Crippen molar-refractivity contribution in [3.8, 4) is 0 Å². The van der Waals surface area contributed by atoms with Crippen molar-refractivity contribution in [3.05, 3.63) is 28.7 Å². The topological polar surface area (TPSA) is 37.4 Å². The number of amides is 2. The van der Waals surface area contributed by atoms with E-state index in [9.17, 15) is 9.59 Å². The number of rotatable bonds is 1. The van der Waals surface area contributed by atoms with Gasteiger partial charge in [0, 0.05) is 18.3 Å². The van der Waals surface area contributed by atoms with Crippen LogP contribution in [0.4, 0.5) is 5.69 Å². The van der Waals surface area contributed by atoms with Crippen LogP contribution in [-0.4, -0.2) is 11.8 Å². The van der Waals surface area contributed by atoms with E-state index < -0.39 is 0 Å². The molecule has 1 aromatic carbocycles. The van der Waals surface area contributed by atoms with Gasteiger partial charge in [-0.1, -0.05) is 12.1 Å². The summed E-state index contributed by atoms with van der Waals surface area (Å²) in [6.45, 7) is 2.72. The fraction of sp³-hybridized carbons (Fsp3) is 0.200. The highest BCUT2D eigenvalue weighted by atomic mass is 79.9. The molecule has 0 saturated carbocycles. The molecular formula is C10H10BrNO2. The van der Waals surface area contributed by atoms with Crippen molar-refractivity contribution in [2.45, 2.75) is 13.8 Å². The lowest BCUT2D eigenvalue weighted by atomic mass is 10.3. The van der Waals surface area contributed by atoms with Crippen LogP contribution in [0.1, 0.15) is 13.8 Å². The fourth-order valence-electron chi connectivity index (χ4n) is 1.19. The Balaban J connectivity index is 3.18. The maximum absolute atomic E-state index is 11.2. The summed E-state index contributed by atoms with van der Waals surface area (Å²) in [4.78, 5) is 23.6. The van der Waals surface area contributed by atoms with Gasteiger partial charge in [0.2, 0.25) is 11.8 Å². The van der Waals surface area contributed by atoms with Gasteiger partial charge in [0.05, 0.1) is 5.69 Å². The van der Waals surface area contributed by atoms with E-state index in [1.54, 1.807) is 18.2 Å². The number of para-hydroxylation sites is 1. The van der Waals surface area contributed by atoms with Crippen LogP contribution in [0.2, 0.25) is 0 Å². The normalized spacial score (nSPS) is 9.64. The molecule has 14 heavy (non-hydrogen) atoms. The number of anilines is 1. The maximum atomic E-state index is 11.2. The van der Waals surface area contributed by atoms with Crippen LogP contribution in [0.15, 0.2) is 28.7 Å². The van der Waals surface area contributed by atoms with Gasteiger partial charge in [0.1, 0.15) is 0 Å². The molecule has 0 N–H and O–H groups in total. The van der Waals surface area contributed by atoms with Gasteiger partial charge in [0.15, 0.2) is 0 Å². The van der Waals surface area contributed by atoms with Crippen molar-refractivity contribution in [3.63, 3.8) is 0 Å². The molecule has 2 amide bonds. The molecule has 0 aliphatic heterocycles. The average Bonchev–Trinajstić information content (AvgIpc) is 2.07. The van der Waals surface area contributed by atoms with Gasteiger partial charge in [-0.25, -0.2) is 4.90 Å². The van der Waals surface area contributed by atoms with Gasteiger partial charge < -0.3 is 0 Å². The number of benzene rings is 1. The van der Waals surface area contributed by atoms with Crippen molar-refractivity contribution in [2.75, 3.05) is 4.90 Å². The van der Waals surface area contributed by atoms with E-state index in [0.717, 1.165) is 9.37 Å². The third-order valence-corrected chi connectivity index (χ3v) is 2.39. The Morgan fingerprint density at radius 2 is 1.64 bits per heavy atom. The number of hydrogen-bond acceptors (Lipinski definition) is 2. The maximum Gasteiger partial charge on any atom is 0.230 e. The second-order valence-corrected chi connectivity index (χ2v) is 3.68. The number of carbonyl (C=O) groups excluding carboxylic acids is 2. The predicted molar refractivity (Wildman–Crippen MR) is 58.0 cm³/mol. The average molecular weight is 256 g/mol. The van der Waals surface area contributed by atoms with Crippen LogP contribution >= 0.6 is 15.9 Å². The summed E-state index contributed by atoms with van der Waals surface area (Å²) in [7, 11) is 0. The predicted octanol–water partition coefficient (Wildman–Crippen LogP) is 2.35. The highest BCUT2D eigenvalue weighted by Crippen LogP contribution is 2.25. The summed E-state index contributed by atoms with van der Waals surface area (Å²) in [5.74, 6) is -0.575. The van der Waals surface area contributed by atoms with Crippen LogP contribution in [0.25, 0.3) is 0 Å². The van der Waals surface area contributed by atoms with Crippen molar-refractivity contribution < 1.29 is 9.59 Å². The largest absolute Gasteiger partial charge is 0.274 e. The molecule has 0 radical (unpaired) electrons. The zero-order chi connectivity index (χ0) is 10.7. The molecule has 0 bridgehead atoms. The summed E-state index contributed by atoms with van der Waals surface area (Å²) >= 11 is 3.29. The van der Waals surface area contributed by atoms with Crippen LogP contribution in [0.3, 0.4) is 0 Å². The lowest BCUT2D eigenvalue weighted by Gasteiger charge is -2.18.